The summed E-state index contributed by atoms with van der Waals surface area (Å²) < 4.78 is 0. The smallest absolute Gasteiger partial charge is 0.0635 e. The topological polar surface area (TPSA) is 53.0 Å². The van der Waals surface area contributed by atoms with Crippen LogP contribution >= 0.6 is 0 Å². The van der Waals surface area contributed by atoms with E-state index in [0.717, 1.165) is 24.3 Å². The van der Waals surface area contributed by atoms with Crippen LogP contribution in [0, 0.1) is 11.3 Å². The van der Waals surface area contributed by atoms with Gasteiger partial charge in [-0.15, -0.1) is 0 Å². The minimum Gasteiger partial charge on any atom is -0.398 e. The van der Waals surface area contributed by atoms with E-state index in [2.05, 4.69) is 24.8 Å². The Kier molecular flexibility index (Phi) is 4.81. The molecule has 0 saturated heterocycles. The van der Waals surface area contributed by atoms with Gasteiger partial charge in [0.1, 0.15) is 0 Å². The quantitative estimate of drug-likeness (QED) is 0.770. The summed E-state index contributed by atoms with van der Waals surface area (Å²) in [5, 5.41) is 8.62. The highest BCUT2D eigenvalue weighted by atomic mass is 15.1. The van der Waals surface area contributed by atoms with E-state index in [1.165, 1.54) is 0 Å². The summed E-state index contributed by atoms with van der Waals surface area (Å²) in [7, 11) is 0. The third-order valence-electron chi connectivity index (χ3n) is 2.67. The number of nitrogens with zero attached hydrogens (tertiary/aromatic N) is 2. The van der Waals surface area contributed by atoms with Gasteiger partial charge in [-0.3, -0.25) is 4.90 Å². The van der Waals surface area contributed by atoms with Gasteiger partial charge in [-0.05, 0) is 25.5 Å². The predicted octanol–water partition coefficient (Wildman–Crippen LogP) is 2.39. The molecule has 0 atom stereocenters. The first-order valence-electron chi connectivity index (χ1n) is 5.59. The fraction of sp³-hybridized carbons (Fsp3) is 0.462. The lowest BCUT2D eigenvalue weighted by atomic mass is 10.1. The first kappa shape index (κ1) is 12.5. The molecule has 2 N–H and O–H groups in total. The molecule has 16 heavy (non-hydrogen) atoms. The van der Waals surface area contributed by atoms with E-state index < -0.39 is 0 Å². The Morgan fingerprint density at radius 3 is 2.62 bits per heavy atom. The van der Waals surface area contributed by atoms with Crippen molar-refractivity contribution in [1.82, 2.24) is 4.90 Å². The summed E-state index contributed by atoms with van der Waals surface area (Å²) in [5.74, 6) is 0. The highest BCUT2D eigenvalue weighted by molar-refractivity contribution is 5.46. The van der Waals surface area contributed by atoms with Gasteiger partial charge in [0.15, 0.2) is 0 Å². The van der Waals surface area contributed by atoms with Gasteiger partial charge < -0.3 is 5.73 Å². The summed E-state index contributed by atoms with van der Waals surface area (Å²) in [6, 6.07) is 10.5. The Morgan fingerprint density at radius 2 is 2.06 bits per heavy atom. The Morgan fingerprint density at radius 1 is 1.38 bits per heavy atom. The SMILES string of the molecule is CC(C)N(CCC#N)Cc1ccccc1N. The molecular formula is C13H19N3. The first-order valence-corrected chi connectivity index (χ1v) is 5.59. The third kappa shape index (κ3) is 3.56. The number of para-hydroxylation sites is 1. The number of rotatable bonds is 5. The van der Waals surface area contributed by atoms with Crippen LogP contribution in [-0.2, 0) is 6.54 Å². The van der Waals surface area contributed by atoms with Gasteiger partial charge >= 0.3 is 0 Å². The van der Waals surface area contributed by atoms with Gasteiger partial charge in [0.25, 0.3) is 0 Å². The van der Waals surface area contributed by atoms with Gasteiger partial charge in [0.2, 0.25) is 0 Å². The maximum atomic E-state index is 8.62. The molecule has 0 amide bonds. The van der Waals surface area contributed by atoms with E-state index in [0.29, 0.717) is 12.5 Å². The molecule has 3 heteroatoms. The zero-order chi connectivity index (χ0) is 12.0. The fourth-order valence-corrected chi connectivity index (χ4v) is 1.61. The van der Waals surface area contributed by atoms with Crippen LogP contribution in [0.3, 0.4) is 0 Å². The molecule has 0 aliphatic rings. The predicted molar refractivity (Wildman–Crippen MR) is 66.6 cm³/mol. The molecule has 0 unspecified atom stereocenters. The molecule has 0 bridgehead atoms. The van der Waals surface area contributed by atoms with Crippen molar-refractivity contribution in [3.8, 4) is 6.07 Å². The second-order valence-corrected chi connectivity index (χ2v) is 4.17. The molecule has 0 radical (unpaired) electrons. The molecule has 0 aliphatic carbocycles. The van der Waals surface area contributed by atoms with Crippen LogP contribution < -0.4 is 5.73 Å². The molecule has 0 heterocycles. The maximum Gasteiger partial charge on any atom is 0.0635 e. The van der Waals surface area contributed by atoms with Crippen LogP contribution in [0.5, 0.6) is 0 Å². The van der Waals surface area contributed by atoms with E-state index in [1.807, 2.05) is 24.3 Å². The van der Waals surface area contributed by atoms with Crippen LogP contribution in [0.25, 0.3) is 0 Å². The normalized spacial score (nSPS) is 10.7. The van der Waals surface area contributed by atoms with E-state index in [4.69, 9.17) is 11.0 Å². The molecule has 0 aliphatic heterocycles. The molecule has 1 rings (SSSR count). The number of benzene rings is 1. The monoisotopic (exact) mass is 217 g/mol. The number of anilines is 1. The van der Waals surface area contributed by atoms with Gasteiger partial charge in [0.05, 0.1) is 6.07 Å². The van der Waals surface area contributed by atoms with E-state index in [9.17, 15) is 0 Å². The van der Waals surface area contributed by atoms with Gasteiger partial charge in [0, 0.05) is 31.2 Å². The molecule has 86 valence electrons. The molecule has 0 fully saturated rings. The average molecular weight is 217 g/mol. The largest absolute Gasteiger partial charge is 0.398 e. The minimum absolute atomic E-state index is 0.424. The molecule has 1 aromatic rings. The zero-order valence-corrected chi connectivity index (χ0v) is 9.98. The van der Waals surface area contributed by atoms with Gasteiger partial charge in [-0.2, -0.15) is 5.26 Å². The van der Waals surface area contributed by atoms with Gasteiger partial charge in [-0.1, -0.05) is 18.2 Å². The Bertz CT molecular complexity index is 366. The summed E-state index contributed by atoms with van der Waals surface area (Å²) in [5.41, 5.74) is 7.86. The lowest BCUT2D eigenvalue weighted by molar-refractivity contribution is 0.218. The minimum atomic E-state index is 0.424. The summed E-state index contributed by atoms with van der Waals surface area (Å²) >= 11 is 0. The lowest BCUT2D eigenvalue weighted by Gasteiger charge is -2.26. The highest BCUT2D eigenvalue weighted by Crippen LogP contribution is 2.15. The zero-order valence-electron chi connectivity index (χ0n) is 9.98. The van der Waals surface area contributed by atoms with Crippen molar-refractivity contribution in [2.75, 3.05) is 12.3 Å². The van der Waals surface area contributed by atoms with Crippen LogP contribution in [0.2, 0.25) is 0 Å². The van der Waals surface area contributed by atoms with Crippen molar-refractivity contribution in [2.24, 2.45) is 0 Å². The summed E-state index contributed by atoms with van der Waals surface area (Å²) in [4.78, 5) is 2.26. The second-order valence-electron chi connectivity index (χ2n) is 4.17. The number of hydrogen-bond acceptors (Lipinski definition) is 3. The molecule has 0 saturated carbocycles. The number of hydrogen-bond donors (Lipinski definition) is 1. The molecule has 0 aromatic heterocycles. The molecular weight excluding hydrogens is 198 g/mol. The van der Waals surface area contributed by atoms with Crippen molar-refractivity contribution < 1.29 is 0 Å². The van der Waals surface area contributed by atoms with Crippen molar-refractivity contribution in [1.29, 1.82) is 5.26 Å². The van der Waals surface area contributed by atoms with Gasteiger partial charge in [-0.25, -0.2) is 0 Å². The average Bonchev–Trinajstić information content (AvgIpc) is 2.26. The van der Waals surface area contributed by atoms with Crippen molar-refractivity contribution >= 4 is 5.69 Å². The van der Waals surface area contributed by atoms with Crippen LogP contribution in [0.15, 0.2) is 24.3 Å². The molecule has 1 aromatic carbocycles. The lowest BCUT2D eigenvalue weighted by Crippen LogP contribution is -2.31. The number of nitrogen functional groups attached to an aromatic ring is 1. The van der Waals surface area contributed by atoms with Crippen LogP contribution in [0.1, 0.15) is 25.8 Å². The van der Waals surface area contributed by atoms with E-state index in [1.54, 1.807) is 0 Å². The number of nitriles is 1. The van der Waals surface area contributed by atoms with E-state index >= 15 is 0 Å². The maximum absolute atomic E-state index is 8.62. The highest BCUT2D eigenvalue weighted by Gasteiger charge is 2.10. The second kappa shape index (κ2) is 6.14. The number of nitrogens with two attached hydrogens (primary N) is 1. The van der Waals surface area contributed by atoms with E-state index in [-0.39, 0.29) is 0 Å². The Hall–Kier alpha value is -1.53. The fourth-order valence-electron chi connectivity index (χ4n) is 1.61. The standard InChI is InChI=1S/C13H19N3/c1-11(2)16(9-5-8-14)10-12-6-3-4-7-13(12)15/h3-4,6-7,11H,5,9-10,15H2,1-2H3. The van der Waals surface area contributed by atoms with Crippen molar-refractivity contribution in [3.05, 3.63) is 29.8 Å². The van der Waals surface area contributed by atoms with Crippen LogP contribution in [0.4, 0.5) is 5.69 Å². The van der Waals surface area contributed by atoms with Crippen molar-refractivity contribution in [2.45, 2.75) is 32.9 Å². The Balaban J connectivity index is 2.69. The molecule has 0 spiro atoms. The third-order valence-corrected chi connectivity index (χ3v) is 2.67. The molecule has 3 nitrogen and oxygen atoms in total. The Labute approximate surface area is 97.5 Å². The summed E-state index contributed by atoms with van der Waals surface area (Å²) in [6.07, 6.45) is 0.560. The first-order chi connectivity index (χ1) is 7.65. The summed E-state index contributed by atoms with van der Waals surface area (Å²) in [6.45, 7) is 5.88. The van der Waals surface area contributed by atoms with Crippen LogP contribution in [-0.4, -0.2) is 17.5 Å². The van der Waals surface area contributed by atoms with Crippen molar-refractivity contribution in [3.63, 3.8) is 0 Å².